The number of amides is 1. The van der Waals surface area contributed by atoms with Crippen molar-refractivity contribution in [2.24, 2.45) is 0 Å². The van der Waals surface area contributed by atoms with Gasteiger partial charge in [-0.15, -0.1) is 0 Å². The minimum atomic E-state index is -0.787. The van der Waals surface area contributed by atoms with Crippen molar-refractivity contribution in [2.75, 3.05) is 11.1 Å². The topological polar surface area (TPSA) is 92.4 Å². The van der Waals surface area contributed by atoms with Crippen molar-refractivity contribution in [3.63, 3.8) is 0 Å². The van der Waals surface area contributed by atoms with Crippen LogP contribution in [0.1, 0.15) is 53.1 Å². The van der Waals surface area contributed by atoms with E-state index < -0.39 is 5.97 Å². The van der Waals surface area contributed by atoms with Gasteiger partial charge in [-0.25, -0.2) is 0 Å². The maximum Gasteiger partial charge on any atom is 0.304 e. The predicted octanol–water partition coefficient (Wildman–Crippen LogP) is 3.90. The summed E-state index contributed by atoms with van der Waals surface area (Å²) < 4.78 is 5.37. The van der Waals surface area contributed by atoms with Crippen LogP contribution in [0.15, 0.2) is 28.8 Å². The normalized spacial score (nSPS) is 13.7. The maximum absolute atomic E-state index is 12.6. The minimum absolute atomic E-state index is 0.151. The van der Waals surface area contributed by atoms with Crippen LogP contribution in [0.2, 0.25) is 0 Å². The lowest BCUT2D eigenvalue weighted by molar-refractivity contribution is -0.136. The third kappa shape index (κ3) is 4.88. The summed E-state index contributed by atoms with van der Waals surface area (Å²) in [6.45, 7) is 0. The molecule has 6 nitrogen and oxygen atoms in total. The molecule has 7 heteroatoms. The van der Waals surface area contributed by atoms with E-state index in [2.05, 4.69) is 10.5 Å². The van der Waals surface area contributed by atoms with E-state index in [-0.39, 0.29) is 12.3 Å². The highest BCUT2D eigenvalue weighted by atomic mass is 32.2. The molecular weight excluding hydrogens is 352 g/mol. The van der Waals surface area contributed by atoms with Crippen molar-refractivity contribution >= 4 is 29.3 Å². The SMILES string of the molecule is O=C(O)CCSCc1cccc(NC(=O)c2noc3c2CCCCC3)c1. The lowest BCUT2D eigenvalue weighted by Crippen LogP contribution is -2.14. The average Bonchev–Trinajstić information content (AvgIpc) is 2.88. The van der Waals surface area contributed by atoms with Crippen LogP contribution in [-0.2, 0) is 23.4 Å². The number of carbonyl (C=O) groups is 2. The number of benzene rings is 1. The summed E-state index contributed by atoms with van der Waals surface area (Å²) in [5.41, 5.74) is 3.08. The number of carbonyl (C=O) groups excluding carboxylic acids is 1. The fraction of sp³-hybridized carbons (Fsp3) is 0.421. The number of aromatic nitrogens is 1. The number of hydrogen-bond acceptors (Lipinski definition) is 5. The van der Waals surface area contributed by atoms with E-state index in [0.29, 0.717) is 22.9 Å². The zero-order valence-corrected chi connectivity index (χ0v) is 15.3. The van der Waals surface area contributed by atoms with Crippen LogP contribution in [0.3, 0.4) is 0 Å². The predicted molar refractivity (Wildman–Crippen MR) is 101 cm³/mol. The van der Waals surface area contributed by atoms with Crippen LogP contribution in [0.4, 0.5) is 5.69 Å². The Balaban J connectivity index is 1.62. The summed E-state index contributed by atoms with van der Waals surface area (Å²) in [7, 11) is 0. The van der Waals surface area contributed by atoms with Gasteiger partial charge in [-0.1, -0.05) is 23.7 Å². The number of nitrogens with zero attached hydrogens (tertiary/aromatic N) is 1. The van der Waals surface area contributed by atoms with E-state index in [1.54, 1.807) is 11.8 Å². The summed E-state index contributed by atoms with van der Waals surface area (Å²) in [6.07, 6.45) is 5.11. The van der Waals surface area contributed by atoms with Crippen LogP contribution in [0, 0.1) is 0 Å². The molecule has 0 saturated carbocycles. The standard InChI is InChI=1S/C19H22N2O4S/c22-17(23)9-10-26-12-13-5-4-6-14(11-13)20-19(24)18-15-7-2-1-3-8-16(15)25-21-18/h4-6,11H,1-3,7-10,12H2,(H,20,24)(H,22,23). The van der Waals surface area contributed by atoms with E-state index in [0.717, 1.165) is 49.0 Å². The van der Waals surface area contributed by atoms with Gasteiger partial charge in [0.05, 0.1) is 6.42 Å². The first-order valence-corrected chi connectivity index (χ1v) is 9.96. The third-order valence-electron chi connectivity index (χ3n) is 4.33. The molecule has 0 fully saturated rings. The van der Waals surface area contributed by atoms with Gasteiger partial charge in [0.2, 0.25) is 0 Å². The lowest BCUT2D eigenvalue weighted by Gasteiger charge is -2.07. The van der Waals surface area contributed by atoms with E-state index in [1.807, 2.05) is 24.3 Å². The number of aliphatic carboxylic acids is 1. The quantitative estimate of drug-likeness (QED) is 0.564. The molecule has 138 valence electrons. The smallest absolute Gasteiger partial charge is 0.304 e. The number of hydrogen-bond donors (Lipinski definition) is 2. The molecular formula is C19H22N2O4S. The highest BCUT2D eigenvalue weighted by molar-refractivity contribution is 7.98. The number of aryl methyl sites for hydroxylation is 1. The number of rotatable bonds is 7. The van der Waals surface area contributed by atoms with Crippen molar-refractivity contribution in [3.8, 4) is 0 Å². The van der Waals surface area contributed by atoms with Crippen molar-refractivity contribution < 1.29 is 19.2 Å². The number of carboxylic acid groups (broad SMARTS) is 1. The van der Waals surface area contributed by atoms with Gasteiger partial charge in [-0.2, -0.15) is 11.8 Å². The average molecular weight is 374 g/mol. The largest absolute Gasteiger partial charge is 0.481 e. The Morgan fingerprint density at radius 3 is 2.92 bits per heavy atom. The Bertz CT molecular complexity index is 788. The molecule has 1 heterocycles. The zero-order valence-electron chi connectivity index (χ0n) is 14.5. The fourth-order valence-electron chi connectivity index (χ4n) is 3.02. The molecule has 0 saturated heterocycles. The number of anilines is 1. The molecule has 2 aromatic rings. The van der Waals surface area contributed by atoms with E-state index >= 15 is 0 Å². The second-order valence-corrected chi connectivity index (χ2v) is 7.45. The van der Waals surface area contributed by atoms with Crippen molar-refractivity contribution in [3.05, 3.63) is 46.8 Å². The van der Waals surface area contributed by atoms with Gasteiger partial charge in [-0.3, -0.25) is 9.59 Å². The van der Waals surface area contributed by atoms with Gasteiger partial charge in [0.15, 0.2) is 5.69 Å². The fourth-order valence-corrected chi connectivity index (χ4v) is 3.90. The van der Waals surface area contributed by atoms with E-state index in [1.165, 1.54) is 0 Å². The second kappa shape index (κ2) is 8.89. The van der Waals surface area contributed by atoms with Gasteiger partial charge in [0, 0.05) is 29.2 Å². The summed E-state index contributed by atoms with van der Waals surface area (Å²) in [6, 6.07) is 7.59. The van der Waals surface area contributed by atoms with Crippen LogP contribution < -0.4 is 5.32 Å². The molecule has 0 atom stereocenters. The number of carboxylic acids is 1. The molecule has 1 aliphatic carbocycles. The van der Waals surface area contributed by atoms with Crippen molar-refractivity contribution in [1.29, 1.82) is 0 Å². The monoisotopic (exact) mass is 374 g/mol. The Labute approximate surface area is 156 Å². The first-order valence-electron chi connectivity index (χ1n) is 8.81. The minimum Gasteiger partial charge on any atom is -0.481 e. The molecule has 1 aromatic heterocycles. The van der Waals surface area contributed by atoms with E-state index in [4.69, 9.17) is 9.63 Å². The molecule has 1 aliphatic rings. The molecule has 1 aromatic carbocycles. The molecule has 1 amide bonds. The highest BCUT2D eigenvalue weighted by Gasteiger charge is 2.23. The summed E-state index contributed by atoms with van der Waals surface area (Å²) in [4.78, 5) is 23.1. The maximum atomic E-state index is 12.6. The van der Waals surface area contributed by atoms with Crippen LogP contribution >= 0.6 is 11.8 Å². The zero-order chi connectivity index (χ0) is 18.4. The Kier molecular flexibility index (Phi) is 6.33. The Morgan fingerprint density at radius 2 is 2.08 bits per heavy atom. The molecule has 0 radical (unpaired) electrons. The second-order valence-electron chi connectivity index (χ2n) is 6.34. The van der Waals surface area contributed by atoms with Gasteiger partial charge in [-0.05, 0) is 37.0 Å². The Hall–Kier alpha value is -2.28. The molecule has 0 spiro atoms. The van der Waals surface area contributed by atoms with Crippen molar-refractivity contribution in [1.82, 2.24) is 5.16 Å². The Morgan fingerprint density at radius 1 is 1.23 bits per heavy atom. The number of nitrogens with one attached hydrogen (secondary N) is 1. The number of fused-ring (bicyclic) bond motifs is 1. The third-order valence-corrected chi connectivity index (χ3v) is 5.36. The first kappa shape index (κ1) is 18.5. The molecule has 3 rings (SSSR count). The van der Waals surface area contributed by atoms with Gasteiger partial charge < -0.3 is 14.9 Å². The van der Waals surface area contributed by atoms with E-state index in [9.17, 15) is 9.59 Å². The lowest BCUT2D eigenvalue weighted by atomic mass is 10.1. The molecule has 2 N–H and O–H groups in total. The van der Waals surface area contributed by atoms with Gasteiger partial charge >= 0.3 is 5.97 Å². The molecule has 26 heavy (non-hydrogen) atoms. The summed E-state index contributed by atoms with van der Waals surface area (Å²) >= 11 is 1.56. The summed E-state index contributed by atoms with van der Waals surface area (Å²) in [5.74, 6) is 1.09. The van der Waals surface area contributed by atoms with Crippen LogP contribution in [0.25, 0.3) is 0 Å². The van der Waals surface area contributed by atoms with Crippen LogP contribution in [0.5, 0.6) is 0 Å². The van der Waals surface area contributed by atoms with Crippen molar-refractivity contribution in [2.45, 2.75) is 44.3 Å². The van der Waals surface area contributed by atoms with Crippen LogP contribution in [-0.4, -0.2) is 27.9 Å². The first-order chi connectivity index (χ1) is 12.6. The highest BCUT2D eigenvalue weighted by Crippen LogP contribution is 2.24. The molecule has 0 bridgehead atoms. The van der Waals surface area contributed by atoms with Gasteiger partial charge in [0.1, 0.15) is 5.76 Å². The number of thioether (sulfide) groups is 1. The van der Waals surface area contributed by atoms with Gasteiger partial charge in [0.25, 0.3) is 5.91 Å². The molecule has 0 aliphatic heterocycles. The summed E-state index contributed by atoms with van der Waals surface area (Å²) in [5, 5.41) is 15.6. The molecule has 0 unspecified atom stereocenters.